The molecule has 1 aromatic rings. The van der Waals surface area contributed by atoms with Crippen molar-refractivity contribution in [3.05, 3.63) is 28.2 Å². The molecule has 0 saturated carbocycles. The molecule has 94 valence electrons. The van der Waals surface area contributed by atoms with Gasteiger partial charge in [0.2, 0.25) is 0 Å². The van der Waals surface area contributed by atoms with Crippen molar-refractivity contribution in [2.75, 3.05) is 5.88 Å². The van der Waals surface area contributed by atoms with Crippen LogP contribution in [0.3, 0.4) is 0 Å². The Morgan fingerprint density at radius 3 is 2.59 bits per heavy atom. The molecule has 0 aliphatic heterocycles. The van der Waals surface area contributed by atoms with Crippen LogP contribution in [-0.4, -0.2) is 17.2 Å². The third-order valence-electron chi connectivity index (χ3n) is 1.82. The maximum Gasteiger partial charge on any atom is 0.446 e. The Hall–Kier alpha value is -0.200. The molecule has 0 aliphatic rings. The van der Waals surface area contributed by atoms with Crippen LogP contribution in [0.15, 0.2) is 27.6 Å². The van der Waals surface area contributed by atoms with E-state index in [2.05, 4.69) is 15.9 Å². The van der Waals surface area contributed by atoms with Crippen molar-refractivity contribution in [2.24, 2.45) is 0 Å². The summed E-state index contributed by atoms with van der Waals surface area (Å²) in [4.78, 5) is 11.2. The summed E-state index contributed by atoms with van der Waals surface area (Å²) >= 11 is 8.25. The van der Waals surface area contributed by atoms with Crippen molar-refractivity contribution >= 4 is 45.1 Å². The summed E-state index contributed by atoms with van der Waals surface area (Å²) in [7, 11) is 0. The van der Waals surface area contributed by atoms with Gasteiger partial charge in [0.1, 0.15) is 0 Å². The van der Waals surface area contributed by atoms with Gasteiger partial charge >= 0.3 is 5.51 Å². The molecule has 0 heterocycles. The van der Waals surface area contributed by atoms with Gasteiger partial charge in [0.15, 0.2) is 5.78 Å². The Labute approximate surface area is 114 Å². The monoisotopic (exact) mass is 346 g/mol. The van der Waals surface area contributed by atoms with Gasteiger partial charge in [0.25, 0.3) is 0 Å². The first-order valence-corrected chi connectivity index (χ1v) is 6.58. The van der Waals surface area contributed by atoms with E-state index in [1.807, 2.05) is 0 Å². The van der Waals surface area contributed by atoms with Gasteiger partial charge in [0, 0.05) is 15.8 Å². The summed E-state index contributed by atoms with van der Waals surface area (Å²) in [6.07, 6.45) is -0.108. The zero-order valence-electron chi connectivity index (χ0n) is 8.35. The minimum atomic E-state index is -4.38. The Bertz CT molecular complexity index is 423. The molecule has 17 heavy (non-hydrogen) atoms. The van der Waals surface area contributed by atoms with Crippen LogP contribution in [0.1, 0.15) is 5.56 Å². The van der Waals surface area contributed by atoms with E-state index >= 15 is 0 Å². The molecule has 1 aromatic carbocycles. The molecule has 0 N–H and O–H groups in total. The molecule has 0 unspecified atom stereocenters. The van der Waals surface area contributed by atoms with E-state index in [-0.39, 0.29) is 34.7 Å². The number of halogens is 5. The molecule has 0 aliphatic carbocycles. The average Bonchev–Trinajstić information content (AvgIpc) is 2.20. The maximum atomic E-state index is 12.3. The minimum Gasteiger partial charge on any atom is -0.298 e. The van der Waals surface area contributed by atoms with Crippen molar-refractivity contribution in [3.8, 4) is 0 Å². The molecule has 0 fully saturated rings. The molecule has 1 rings (SSSR count). The number of ketones is 1. The Morgan fingerprint density at radius 1 is 1.41 bits per heavy atom. The molecule has 0 spiro atoms. The number of hydrogen-bond acceptors (Lipinski definition) is 2. The van der Waals surface area contributed by atoms with Crippen LogP contribution in [0.2, 0.25) is 0 Å². The fraction of sp³-hybridized carbons (Fsp3) is 0.300. The molecule has 0 amide bonds. The second kappa shape index (κ2) is 6.11. The summed E-state index contributed by atoms with van der Waals surface area (Å²) in [6.45, 7) is 0. The highest BCUT2D eigenvalue weighted by Crippen LogP contribution is 2.40. The lowest BCUT2D eigenvalue weighted by Crippen LogP contribution is -2.07. The van der Waals surface area contributed by atoms with E-state index in [1.165, 1.54) is 12.1 Å². The Kier molecular flexibility index (Phi) is 5.34. The molecule has 0 aromatic heterocycles. The van der Waals surface area contributed by atoms with Crippen molar-refractivity contribution in [3.63, 3.8) is 0 Å². The number of Topliss-reactive ketones (excluding diaryl/α,β-unsaturated/α-hetero) is 1. The third kappa shape index (κ3) is 4.89. The highest BCUT2D eigenvalue weighted by Gasteiger charge is 2.30. The van der Waals surface area contributed by atoms with Gasteiger partial charge in [0.05, 0.1) is 5.88 Å². The molecule has 0 saturated heterocycles. The first-order chi connectivity index (χ1) is 7.83. The molecular weight excluding hydrogens is 341 g/mol. The second-order valence-electron chi connectivity index (χ2n) is 3.11. The topological polar surface area (TPSA) is 17.1 Å². The van der Waals surface area contributed by atoms with E-state index in [0.29, 0.717) is 10.0 Å². The second-order valence-corrected chi connectivity index (χ2v) is 5.34. The number of carbonyl (C=O) groups excluding carboxylic acids is 1. The first kappa shape index (κ1) is 14.9. The van der Waals surface area contributed by atoms with Crippen molar-refractivity contribution in [2.45, 2.75) is 16.8 Å². The fourth-order valence-corrected chi connectivity index (χ4v) is 2.61. The van der Waals surface area contributed by atoms with Crippen molar-refractivity contribution < 1.29 is 18.0 Å². The van der Waals surface area contributed by atoms with Gasteiger partial charge in [-0.25, -0.2) is 0 Å². The van der Waals surface area contributed by atoms with Crippen LogP contribution >= 0.6 is 39.3 Å². The van der Waals surface area contributed by atoms with Gasteiger partial charge in [-0.15, -0.1) is 11.6 Å². The lowest BCUT2D eigenvalue weighted by atomic mass is 10.1. The van der Waals surface area contributed by atoms with E-state index in [1.54, 1.807) is 6.07 Å². The van der Waals surface area contributed by atoms with Crippen molar-refractivity contribution in [1.29, 1.82) is 0 Å². The standard InChI is InChI=1S/C10H7BrClF3OS/c11-8-2-1-3-9(17-10(13,14)15)7(8)4-6(16)5-12/h1-3H,4-5H2. The third-order valence-corrected chi connectivity index (χ3v) is 3.70. The minimum absolute atomic E-state index is 0.0188. The Morgan fingerprint density at radius 2 is 2.06 bits per heavy atom. The van der Waals surface area contributed by atoms with Gasteiger partial charge in [-0.1, -0.05) is 22.0 Å². The zero-order valence-corrected chi connectivity index (χ0v) is 11.5. The molecule has 0 bridgehead atoms. The predicted molar refractivity (Wildman–Crippen MR) is 65.5 cm³/mol. The van der Waals surface area contributed by atoms with Crippen LogP contribution in [-0.2, 0) is 11.2 Å². The van der Waals surface area contributed by atoms with E-state index in [9.17, 15) is 18.0 Å². The zero-order chi connectivity index (χ0) is 13.1. The number of carbonyl (C=O) groups is 1. The average molecular weight is 348 g/mol. The molecule has 0 atom stereocenters. The normalized spacial score (nSPS) is 11.6. The lowest BCUT2D eigenvalue weighted by Gasteiger charge is -2.11. The van der Waals surface area contributed by atoms with Gasteiger partial charge in [-0.2, -0.15) is 13.2 Å². The van der Waals surface area contributed by atoms with Gasteiger partial charge < -0.3 is 0 Å². The SMILES string of the molecule is O=C(CCl)Cc1c(Br)cccc1SC(F)(F)F. The van der Waals surface area contributed by atoms with Gasteiger partial charge in [-0.3, -0.25) is 4.79 Å². The van der Waals surface area contributed by atoms with Crippen molar-refractivity contribution in [1.82, 2.24) is 0 Å². The summed E-state index contributed by atoms with van der Waals surface area (Å²) in [5.41, 5.74) is -4.06. The van der Waals surface area contributed by atoms with E-state index in [0.717, 1.165) is 0 Å². The molecule has 7 heteroatoms. The predicted octanol–water partition coefficient (Wildman–Crippen LogP) is 4.41. The molecular formula is C10H7BrClF3OS. The number of thioether (sulfide) groups is 1. The van der Waals surface area contributed by atoms with E-state index < -0.39 is 5.51 Å². The van der Waals surface area contributed by atoms with Crippen LogP contribution in [0.4, 0.5) is 13.2 Å². The highest BCUT2D eigenvalue weighted by atomic mass is 79.9. The fourth-order valence-electron chi connectivity index (χ4n) is 1.18. The maximum absolute atomic E-state index is 12.3. The number of hydrogen-bond donors (Lipinski definition) is 0. The van der Waals surface area contributed by atoms with Crippen LogP contribution in [0, 0.1) is 0 Å². The smallest absolute Gasteiger partial charge is 0.298 e. The Balaban J connectivity index is 3.04. The molecule has 0 radical (unpaired) electrons. The lowest BCUT2D eigenvalue weighted by molar-refractivity contribution is -0.116. The number of benzene rings is 1. The summed E-state index contributed by atoms with van der Waals surface area (Å²) in [5, 5.41) is 0. The van der Waals surface area contributed by atoms with E-state index in [4.69, 9.17) is 11.6 Å². The summed E-state index contributed by atoms with van der Waals surface area (Å²) < 4.78 is 37.4. The highest BCUT2D eigenvalue weighted by molar-refractivity contribution is 9.10. The number of rotatable bonds is 4. The van der Waals surface area contributed by atoms with Crippen LogP contribution < -0.4 is 0 Å². The number of alkyl halides is 4. The van der Waals surface area contributed by atoms with Crippen LogP contribution in [0.25, 0.3) is 0 Å². The summed E-state index contributed by atoms with van der Waals surface area (Å²) in [6, 6.07) is 4.42. The largest absolute Gasteiger partial charge is 0.446 e. The van der Waals surface area contributed by atoms with Gasteiger partial charge in [-0.05, 0) is 29.5 Å². The molecule has 1 nitrogen and oxygen atoms in total. The summed E-state index contributed by atoms with van der Waals surface area (Å²) in [5.74, 6) is -0.528. The first-order valence-electron chi connectivity index (χ1n) is 4.44. The van der Waals surface area contributed by atoms with Crippen LogP contribution in [0.5, 0.6) is 0 Å². The quantitative estimate of drug-likeness (QED) is 0.593.